The molecule has 40 heavy (non-hydrogen) atoms. The zero-order valence-electron chi connectivity index (χ0n) is 22.0. The highest BCUT2D eigenvalue weighted by Crippen LogP contribution is 2.51. The van der Waals surface area contributed by atoms with Crippen molar-refractivity contribution in [3.05, 3.63) is 54.1 Å². The van der Waals surface area contributed by atoms with Crippen LogP contribution in [-0.2, 0) is 29.9 Å². The van der Waals surface area contributed by atoms with Crippen molar-refractivity contribution in [2.24, 2.45) is 5.92 Å². The Balaban J connectivity index is 1.80. The number of H-pyrrole nitrogens is 1. The predicted molar refractivity (Wildman–Crippen MR) is 150 cm³/mol. The topological polar surface area (TPSA) is 150 Å². The smallest absolute Gasteiger partial charge is 0.265 e. The molecule has 1 atom stereocenters. The van der Waals surface area contributed by atoms with Crippen molar-refractivity contribution in [2.75, 3.05) is 12.0 Å². The lowest BCUT2D eigenvalue weighted by Crippen LogP contribution is -2.35. The third kappa shape index (κ3) is 4.76. The summed E-state index contributed by atoms with van der Waals surface area (Å²) in [6.45, 7) is 3.07. The first kappa shape index (κ1) is 27.8. The van der Waals surface area contributed by atoms with Gasteiger partial charge in [-0.25, -0.2) is 26.7 Å². The highest BCUT2D eigenvalue weighted by Gasteiger charge is 2.52. The van der Waals surface area contributed by atoms with Gasteiger partial charge in [0, 0.05) is 17.5 Å². The number of halogens is 1. The van der Waals surface area contributed by atoms with Crippen LogP contribution in [-0.4, -0.2) is 47.3 Å². The van der Waals surface area contributed by atoms with Crippen LogP contribution < -0.4 is 5.73 Å². The van der Waals surface area contributed by atoms with Crippen LogP contribution in [0.3, 0.4) is 0 Å². The summed E-state index contributed by atoms with van der Waals surface area (Å²) in [5.41, 5.74) is 6.17. The summed E-state index contributed by atoms with van der Waals surface area (Å²) in [7, 11) is -7.85. The summed E-state index contributed by atoms with van der Waals surface area (Å²) in [5, 5.41) is -0.778. The average Bonchev–Trinajstić information content (AvgIpc) is 3.54. The summed E-state index contributed by atoms with van der Waals surface area (Å²) in [6, 6.07) is 10.8. The third-order valence-electron chi connectivity index (χ3n) is 6.91. The summed E-state index contributed by atoms with van der Waals surface area (Å²) >= 11 is 0. The largest absolute Gasteiger partial charge is 0.368 e. The number of rotatable bonds is 9. The van der Waals surface area contributed by atoms with Gasteiger partial charge in [0.1, 0.15) is 11.6 Å². The van der Waals surface area contributed by atoms with Gasteiger partial charge in [-0.2, -0.15) is 8.42 Å². The molecule has 2 aromatic carbocycles. The molecule has 0 radical (unpaired) electrons. The van der Waals surface area contributed by atoms with Crippen molar-refractivity contribution in [1.82, 2.24) is 18.9 Å². The van der Waals surface area contributed by atoms with E-state index in [1.807, 2.05) is 0 Å². The van der Waals surface area contributed by atoms with Crippen molar-refractivity contribution < 1.29 is 25.4 Å². The van der Waals surface area contributed by atoms with Crippen molar-refractivity contribution in [1.29, 1.82) is 0 Å². The van der Waals surface area contributed by atoms with E-state index in [1.54, 1.807) is 30.3 Å². The Morgan fingerprint density at radius 3 is 2.50 bits per heavy atom. The molecular weight excluding hydrogens is 557 g/mol. The van der Waals surface area contributed by atoms with Crippen molar-refractivity contribution in [3.63, 3.8) is 0 Å². The van der Waals surface area contributed by atoms with E-state index in [0.717, 1.165) is 10.2 Å². The number of aromatic amines is 1. The van der Waals surface area contributed by atoms with E-state index in [9.17, 15) is 16.8 Å². The molecule has 13 heteroatoms. The Kier molecular flexibility index (Phi) is 6.76. The standard InChI is InChI=1S/C27H28FN5O5S2/c1-5-14-27(18-11-12-18,38-39(4,34)35)25-31-23(24(32-25)19-8-6-7-9-20(19)28)17-10-13-21-22(15-17)33(26(29)30-21)40(36,37)16(2)3/h1,6-10,13,15-16,18H,11-12,14H2,2-4H3,(H2,29,30)(H,31,32). The van der Waals surface area contributed by atoms with Crippen molar-refractivity contribution >= 4 is 37.1 Å². The van der Waals surface area contributed by atoms with Crippen LogP contribution in [0.15, 0.2) is 42.5 Å². The Morgan fingerprint density at radius 2 is 1.90 bits per heavy atom. The maximum Gasteiger partial charge on any atom is 0.265 e. The number of terminal acetylenes is 1. The number of hydrogen-bond donors (Lipinski definition) is 2. The van der Waals surface area contributed by atoms with Gasteiger partial charge >= 0.3 is 0 Å². The lowest BCUT2D eigenvalue weighted by molar-refractivity contribution is 0.0474. The minimum Gasteiger partial charge on any atom is -0.368 e. The van der Waals surface area contributed by atoms with E-state index in [4.69, 9.17) is 21.3 Å². The Hall–Kier alpha value is -3.73. The molecule has 0 amide bonds. The van der Waals surface area contributed by atoms with Gasteiger partial charge < -0.3 is 10.7 Å². The Bertz CT molecular complexity index is 1890. The zero-order valence-corrected chi connectivity index (χ0v) is 23.7. The van der Waals surface area contributed by atoms with E-state index in [0.29, 0.717) is 29.6 Å². The number of imidazole rings is 2. The second-order valence-corrected chi connectivity index (χ2v) is 14.1. The first-order valence-electron chi connectivity index (χ1n) is 12.5. The first-order valence-corrected chi connectivity index (χ1v) is 15.8. The third-order valence-corrected chi connectivity index (χ3v) is 9.60. The van der Waals surface area contributed by atoms with Crippen molar-refractivity contribution in [3.8, 4) is 34.9 Å². The number of anilines is 1. The molecule has 0 bridgehead atoms. The van der Waals surface area contributed by atoms with E-state index >= 15 is 4.39 Å². The monoisotopic (exact) mass is 585 g/mol. The van der Waals surface area contributed by atoms with E-state index in [2.05, 4.69) is 15.9 Å². The predicted octanol–water partition coefficient (Wildman–Crippen LogP) is 4.01. The van der Waals surface area contributed by atoms with Gasteiger partial charge in [0.15, 0.2) is 5.60 Å². The number of nitrogens with two attached hydrogens (primary N) is 1. The van der Waals surface area contributed by atoms with Gasteiger partial charge in [0.2, 0.25) is 16.0 Å². The fourth-order valence-electron chi connectivity index (χ4n) is 4.87. The molecule has 210 valence electrons. The van der Waals surface area contributed by atoms with Gasteiger partial charge in [-0.1, -0.05) is 18.2 Å². The second kappa shape index (κ2) is 9.72. The Morgan fingerprint density at radius 1 is 1.20 bits per heavy atom. The molecule has 2 aromatic heterocycles. The molecular formula is C27H28FN5O5S2. The molecule has 3 N–H and O–H groups in total. The molecule has 10 nitrogen and oxygen atoms in total. The molecule has 1 unspecified atom stereocenters. The van der Waals surface area contributed by atoms with Gasteiger partial charge in [0.25, 0.3) is 10.1 Å². The lowest BCUT2D eigenvalue weighted by atomic mass is 9.93. The normalized spacial score (nSPS) is 15.8. The minimum atomic E-state index is -3.98. The number of fused-ring (bicyclic) bond motifs is 1. The van der Waals surface area contributed by atoms with Crippen LogP contribution in [0, 0.1) is 24.1 Å². The number of aromatic nitrogens is 4. The van der Waals surface area contributed by atoms with Crippen molar-refractivity contribution in [2.45, 2.75) is 44.0 Å². The zero-order chi connectivity index (χ0) is 29.0. The molecule has 4 aromatic rings. The molecule has 5 rings (SSSR count). The number of benzene rings is 2. The fraction of sp³-hybridized carbons (Fsp3) is 0.333. The van der Waals surface area contributed by atoms with E-state index in [-0.39, 0.29) is 40.9 Å². The number of nitrogens with one attached hydrogen (secondary N) is 1. The summed E-state index contributed by atoms with van der Waals surface area (Å²) in [5.74, 6) is 1.67. The van der Waals surface area contributed by atoms with Crippen LogP contribution in [0.5, 0.6) is 0 Å². The first-order chi connectivity index (χ1) is 18.8. The van der Waals surface area contributed by atoms with Crippen LogP contribution >= 0.6 is 0 Å². The molecule has 1 saturated carbocycles. The molecule has 1 aliphatic carbocycles. The van der Waals surface area contributed by atoms with Crippen LogP contribution in [0.25, 0.3) is 33.5 Å². The highest BCUT2D eigenvalue weighted by atomic mass is 32.2. The molecule has 2 heterocycles. The van der Waals surface area contributed by atoms with Gasteiger partial charge in [-0.3, -0.25) is 4.18 Å². The minimum absolute atomic E-state index is 0.0939. The second-order valence-electron chi connectivity index (χ2n) is 10.2. The fourth-order valence-corrected chi connectivity index (χ4v) is 6.82. The molecule has 0 spiro atoms. The quantitative estimate of drug-likeness (QED) is 0.221. The van der Waals surface area contributed by atoms with E-state index in [1.165, 1.54) is 26.0 Å². The van der Waals surface area contributed by atoms with Crippen LogP contribution in [0.1, 0.15) is 38.9 Å². The summed E-state index contributed by atoms with van der Waals surface area (Å²) in [4.78, 5) is 12.1. The highest BCUT2D eigenvalue weighted by molar-refractivity contribution is 7.90. The Labute approximate surface area is 232 Å². The van der Waals surface area contributed by atoms with Crippen LogP contribution in [0.4, 0.5) is 10.3 Å². The van der Waals surface area contributed by atoms with Gasteiger partial charge in [-0.15, -0.1) is 12.3 Å². The molecule has 1 fully saturated rings. The maximum atomic E-state index is 15.1. The van der Waals surface area contributed by atoms with Gasteiger partial charge in [-0.05, 0) is 56.9 Å². The van der Waals surface area contributed by atoms with Crippen LogP contribution in [0.2, 0.25) is 0 Å². The summed E-state index contributed by atoms with van der Waals surface area (Å²) < 4.78 is 72.7. The molecule has 0 saturated heterocycles. The lowest BCUT2D eigenvalue weighted by Gasteiger charge is -2.29. The molecule has 1 aliphatic rings. The van der Waals surface area contributed by atoms with Gasteiger partial charge in [0.05, 0.1) is 33.9 Å². The SMILES string of the molecule is C#CCC(OS(C)(=O)=O)(c1nc(-c2ccccc2F)c(-c2ccc3nc(N)n(S(=O)(=O)C(C)C)c3c2)[nH]1)C1CC1. The summed E-state index contributed by atoms with van der Waals surface area (Å²) in [6.07, 6.45) is 7.85. The number of nitrogen functional groups attached to an aromatic ring is 1. The van der Waals surface area contributed by atoms with E-state index < -0.39 is 36.8 Å². The molecule has 0 aliphatic heterocycles. The maximum absolute atomic E-state index is 15.1. The average molecular weight is 586 g/mol. The number of hydrogen-bond acceptors (Lipinski definition) is 8. The number of nitrogens with zero attached hydrogens (tertiary/aromatic N) is 3.